The van der Waals surface area contributed by atoms with Gasteiger partial charge >= 0.3 is 6.01 Å². The number of carbonyl (C=O) groups is 1. The van der Waals surface area contributed by atoms with Crippen molar-refractivity contribution in [3.8, 4) is 11.7 Å². The highest BCUT2D eigenvalue weighted by Crippen LogP contribution is 2.32. The third-order valence-corrected chi connectivity index (χ3v) is 8.09. The van der Waals surface area contributed by atoms with Crippen molar-refractivity contribution in [1.82, 2.24) is 14.5 Å². The van der Waals surface area contributed by atoms with Crippen molar-refractivity contribution < 1.29 is 22.0 Å². The molecule has 0 spiro atoms. The number of sulfonamides is 1. The first kappa shape index (κ1) is 19.6. The fraction of sp³-hybridized carbons (Fsp3) is 0.267. The van der Waals surface area contributed by atoms with Gasteiger partial charge in [-0.05, 0) is 53.0 Å². The summed E-state index contributed by atoms with van der Waals surface area (Å²) in [5, 5.41) is 10.0. The molecule has 1 unspecified atom stereocenters. The molecule has 4 heterocycles. The third-order valence-electron chi connectivity index (χ3n) is 4.06. The van der Waals surface area contributed by atoms with E-state index in [1.807, 2.05) is 0 Å². The van der Waals surface area contributed by atoms with Crippen molar-refractivity contribution in [1.29, 1.82) is 0 Å². The summed E-state index contributed by atoms with van der Waals surface area (Å²) in [4.78, 5) is 12.7. The predicted octanol–water partition coefficient (Wildman–Crippen LogP) is 3.60. The fourth-order valence-electron chi connectivity index (χ4n) is 2.83. The van der Waals surface area contributed by atoms with E-state index in [-0.39, 0.29) is 22.7 Å². The predicted molar refractivity (Wildman–Crippen MR) is 105 cm³/mol. The van der Waals surface area contributed by atoms with Gasteiger partial charge in [0.15, 0.2) is 10.4 Å². The van der Waals surface area contributed by atoms with Gasteiger partial charge in [0.05, 0.1) is 4.34 Å². The minimum atomic E-state index is -3.82. The van der Waals surface area contributed by atoms with Crippen LogP contribution in [0.1, 0.15) is 12.8 Å². The van der Waals surface area contributed by atoms with Crippen molar-refractivity contribution in [2.75, 3.05) is 11.9 Å². The van der Waals surface area contributed by atoms with E-state index in [1.54, 1.807) is 12.1 Å². The van der Waals surface area contributed by atoms with Gasteiger partial charge in [0.2, 0.25) is 5.91 Å². The highest BCUT2D eigenvalue weighted by Gasteiger charge is 2.40. The largest absolute Gasteiger partial charge is 0.444 e. The molecule has 1 N–H and O–H groups in total. The Morgan fingerprint density at radius 1 is 1.29 bits per heavy atom. The maximum Gasteiger partial charge on any atom is 0.322 e. The monoisotopic (exact) mass is 506 g/mol. The minimum Gasteiger partial charge on any atom is -0.444 e. The Kier molecular flexibility index (Phi) is 5.31. The van der Waals surface area contributed by atoms with Crippen LogP contribution in [-0.2, 0) is 14.8 Å². The molecule has 0 saturated carbocycles. The van der Waals surface area contributed by atoms with Gasteiger partial charge in [-0.1, -0.05) is 16.7 Å². The zero-order chi connectivity index (χ0) is 19.9. The summed E-state index contributed by atoms with van der Waals surface area (Å²) in [6.45, 7) is 0.242. The second kappa shape index (κ2) is 7.59. The lowest BCUT2D eigenvalue weighted by Gasteiger charge is -2.21. The Labute approximate surface area is 176 Å². The van der Waals surface area contributed by atoms with Crippen LogP contribution in [0.2, 0.25) is 4.34 Å². The zero-order valence-corrected chi connectivity index (χ0v) is 17.9. The first-order valence-electron chi connectivity index (χ1n) is 8.02. The van der Waals surface area contributed by atoms with E-state index < -0.39 is 22.0 Å². The van der Waals surface area contributed by atoms with Crippen LogP contribution in [-0.4, -0.2) is 41.4 Å². The van der Waals surface area contributed by atoms with E-state index in [0.29, 0.717) is 27.6 Å². The molecule has 148 valence electrons. The molecule has 1 aliphatic heterocycles. The fourth-order valence-corrected chi connectivity index (χ4v) is 6.41. The Hall–Kier alpha value is -1.73. The summed E-state index contributed by atoms with van der Waals surface area (Å²) in [7, 11) is -3.82. The molecule has 1 saturated heterocycles. The van der Waals surface area contributed by atoms with E-state index >= 15 is 0 Å². The molecule has 0 aliphatic carbocycles. The van der Waals surface area contributed by atoms with Crippen LogP contribution in [0.15, 0.2) is 42.0 Å². The molecule has 1 atom stereocenters. The number of rotatable bonds is 5. The topological polar surface area (TPSA) is 119 Å². The molecule has 1 fully saturated rings. The summed E-state index contributed by atoms with van der Waals surface area (Å²) in [6, 6.07) is 5.21. The Bertz CT molecular complexity index is 1130. The first-order valence-corrected chi connectivity index (χ1v) is 11.4. The minimum absolute atomic E-state index is 0.0881. The lowest BCUT2D eigenvalue weighted by molar-refractivity contribution is -0.119. The van der Waals surface area contributed by atoms with E-state index in [0.717, 1.165) is 11.3 Å². The maximum absolute atomic E-state index is 12.8. The summed E-state index contributed by atoms with van der Waals surface area (Å²) in [5.74, 6) is -0.121. The van der Waals surface area contributed by atoms with Crippen molar-refractivity contribution in [2.45, 2.75) is 23.1 Å². The number of hydrogen-bond donors (Lipinski definition) is 1. The average molecular weight is 508 g/mol. The number of anilines is 1. The van der Waals surface area contributed by atoms with E-state index in [4.69, 9.17) is 20.4 Å². The van der Waals surface area contributed by atoms with Crippen LogP contribution in [0, 0.1) is 0 Å². The summed E-state index contributed by atoms with van der Waals surface area (Å²) >= 11 is 9.97. The Morgan fingerprint density at radius 2 is 2.11 bits per heavy atom. The number of halogens is 2. The number of thiophene rings is 1. The average Bonchev–Trinajstić information content (AvgIpc) is 3.41. The number of aromatic nitrogens is 2. The van der Waals surface area contributed by atoms with Crippen LogP contribution in [0.25, 0.3) is 11.7 Å². The molecule has 0 aromatic carbocycles. The Balaban J connectivity index is 1.51. The number of nitrogens with zero attached hydrogens (tertiary/aromatic N) is 3. The quantitative estimate of drug-likeness (QED) is 0.560. The molecule has 3 aromatic heterocycles. The highest BCUT2D eigenvalue weighted by molar-refractivity contribution is 9.10. The van der Waals surface area contributed by atoms with Gasteiger partial charge in [0.1, 0.15) is 10.3 Å². The third kappa shape index (κ3) is 3.74. The molecular weight excluding hydrogens is 496 g/mol. The van der Waals surface area contributed by atoms with Crippen LogP contribution in [0.4, 0.5) is 6.01 Å². The van der Waals surface area contributed by atoms with Gasteiger partial charge in [0.25, 0.3) is 15.9 Å². The van der Waals surface area contributed by atoms with Crippen molar-refractivity contribution in [3.05, 3.63) is 33.3 Å². The van der Waals surface area contributed by atoms with Crippen LogP contribution < -0.4 is 5.32 Å². The number of amides is 1. The molecule has 3 aromatic rings. The van der Waals surface area contributed by atoms with E-state index in [9.17, 15) is 13.2 Å². The van der Waals surface area contributed by atoms with Crippen LogP contribution in [0.3, 0.4) is 0 Å². The molecular formula is C15H12BrClN4O5S2. The van der Waals surface area contributed by atoms with Crippen molar-refractivity contribution in [3.63, 3.8) is 0 Å². The van der Waals surface area contributed by atoms with E-state index in [1.165, 1.54) is 16.4 Å². The van der Waals surface area contributed by atoms with Gasteiger partial charge in [-0.15, -0.1) is 16.4 Å². The number of carbonyl (C=O) groups excluding carboxylic acids is 1. The molecule has 13 heteroatoms. The lowest BCUT2D eigenvalue weighted by Crippen LogP contribution is -2.42. The van der Waals surface area contributed by atoms with Gasteiger partial charge in [-0.25, -0.2) is 8.42 Å². The molecule has 1 aliphatic rings. The summed E-state index contributed by atoms with van der Waals surface area (Å²) < 4.78 is 38.5. The van der Waals surface area contributed by atoms with Crippen LogP contribution >= 0.6 is 38.9 Å². The zero-order valence-electron chi connectivity index (χ0n) is 14.0. The molecule has 4 rings (SSSR count). The second-order valence-electron chi connectivity index (χ2n) is 5.84. The normalized spacial score (nSPS) is 17.9. The molecule has 0 radical (unpaired) electrons. The second-order valence-corrected chi connectivity index (χ2v) is 10.5. The lowest BCUT2D eigenvalue weighted by atomic mass is 10.2. The smallest absolute Gasteiger partial charge is 0.322 e. The standard InChI is InChI=1S/C15H12BrClN4O5S2/c16-10-4-3-9(25-10)14-19-20-15(26-14)18-13(22)8-2-1-7-21(8)28(23,24)12-6-5-11(17)27-12/h3-6,8H,1-2,7H2,(H,18,20,22). The van der Waals surface area contributed by atoms with Gasteiger partial charge in [-0.3, -0.25) is 10.1 Å². The van der Waals surface area contributed by atoms with Crippen molar-refractivity contribution >= 4 is 60.8 Å². The first-order chi connectivity index (χ1) is 13.3. The SMILES string of the molecule is O=C(Nc1nnc(-c2ccc(Br)o2)o1)C1CCCN1S(=O)(=O)c1ccc(Cl)s1. The van der Waals surface area contributed by atoms with Gasteiger partial charge < -0.3 is 8.83 Å². The summed E-state index contributed by atoms with van der Waals surface area (Å²) in [6.07, 6.45) is 0.947. The van der Waals surface area contributed by atoms with Gasteiger partial charge in [-0.2, -0.15) is 4.31 Å². The number of furan rings is 1. The number of hydrogen-bond acceptors (Lipinski definition) is 8. The number of nitrogens with one attached hydrogen (secondary N) is 1. The molecule has 0 bridgehead atoms. The Morgan fingerprint density at radius 3 is 2.79 bits per heavy atom. The highest BCUT2D eigenvalue weighted by atomic mass is 79.9. The summed E-state index contributed by atoms with van der Waals surface area (Å²) in [5.41, 5.74) is 0. The van der Waals surface area contributed by atoms with Crippen LogP contribution in [0.5, 0.6) is 0 Å². The molecule has 1 amide bonds. The molecule has 28 heavy (non-hydrogen) atoms. The molecule has 9 nitrogen and oxygen atoms in total. The van der Waals surface area contributed by atoms with Gasteiger partial charge in [0, 0.05) is 6.54 Å². The maximum atomic E-state index is 12.8. The van der Waals surface area contributed by atoms with E-state index in [2.05, 4.69) is 31.4 Å². The van der Waals surface area contributed by atoms with Crippen molar-refractivity contribution in [2.24, 2.45) is 0 Å².